The van der Waals surface area contributed by atoms with Gasteiger partial charge in [-0.3, -0.25) is 29.0 Å². The first-order valence-corrected chi connectivity index (χ1v) is 21.9. The molecule has 2 aromatic heterocycles. The van der Waals surface area contributed by atoms with Crippen LogP contribution in [0.25, 0.3) is 0 Å². The molecule has 4 amide bonds. The Bertz CT molecular complexity index is 2760. The number of benzene rings is 3. The fraction of sp³-hybridized carbons (Fsp3) is 0.347. The molecule has 2 aliphatic carbocycles. The number of halogens is 10. The number of pyridine rings is 2. The van der Waals surface area contributed by atoms with Crippen LogP contribution in [0.2, 0.25) is 10.0 Å². The number of rotatable bonds is 9. The highest BCUT2D eigenvalue weighted by Gasteiger charge is 2.62. The van der Waals surface area contributed by atoms with Crippen molar-refractivity contribution >= 4 is 58.5 Å². The largest absolute Gasteiger partial charge is 0.416 e. The monoisotopic (exact) mass is 1040 g/mol. The zero-order valence-corrected chi connectivity index (χ0v) is 37.3. The number of aromatic nitrogens is 2. The summed E-state index contributed by atoms with van der Waals surface area (Å²) in [7, 11) is 0. The summed E-state index contributed by atoms with van der Waals surface area (Å²) in [6.07, 6.45) is -7.68. The summed E-state index contributed by atoms with van der Waals surface area (Å²) < 4.78 is 112. The highest BCUT2D eigenvalue weighted by Crippen LogP contribution is 2.47. The van der Waals surface area contributed by atoms with Crippen LogP contribution in [0.4, 0.5) is 46.8 Å². The lowest BCUT2D eigenvalue weighted by atomic mass is 9.70. The summed E-state index contributed by atoms with van der Waals surface area (Å²) in [6.45, 7) is -0.872. The van der Waals surface area contributed by atoms with Crippen LogP contribution in [0, 0.1) is 11.6 Å². The summed E-state index contributed by atoms with van der Waals surface area (Å²) in [6, 6.07) is 20.1. The van der Waals surface area contributed by atoms with Crippen LogP contribution < -0.4 is 9.80 Å². The molecule has 2 saturated carbocycles. The summed E-state index contributed by atoms with van der Waals surface area (Å²) in [5.41, 5.74) is -2.67. The van der Waals surface area contributed by atoms with Crippen molar-refractivity contribution in [1.29, 1.82) is 0 Å². The molecule has 1 N–H and O–H groups in total. The molecule has 4 heterocycles. The van der Waals surface area contributed by atoms with Gasteiger partial charge in [0.1, 0.15) is 24.2 Å². The van der Waals surface area contributed by atoms with Gasteiger partial charge >= 0.3 is 12.4 Å². The van der Waals surface area contributed by atoms with Crippen LogP contribution >= 0.6 is 23.2 Å². The van der Waals surface area contributed by atoms with E-state index in [-0.39, 0.29) is 81.4 Å². The van der Waals surface area contributed by atoms with Crippen LogP contribution in [0.1, 0.15) is 68.4 Å². The van der Waals surface area contributed by atoms with Gasteiger partial charge in [0.05, 0.1) is 40.0 Å². The number of aliphatic hydroxyl groups is 1. The molecule has 378 valence electrons. The Morgan fingerprint density at radius 2 is 1.00 bits per heavy atom. The molecule has 3 aromatic carbocycles. The van der Waals surface area contributed by atoms with E-state index in [0.717, 1.165) is 58.0 Å². The second-order valence-electron chi connectivity index (χ2n) is 17.0. The average Bonchev–Trinajstić information content (AvgIpc) is 3.27. The van der Waals surface area contributed by atoms with Gasteiger partial charge < -0.3 is 19.6 Å². The molecule has 0 atom stereocenters. The SMILES string of the molecule is C.C.O=C1CN(c2ncc(Cl)cc2F)C(=O)C2(CC(O)C2)N1Cc1ccc(C(F)(F)F)cc1.O=C1CN(c2ncc(Cl)cc2F)C(=O)C2(CC(OCc3ccccc3)C2)N1Cc1ccc(C(F)(F)F)cc1. The zero-order valence-electron chi connectivity index (χ0n) is 35.8. The lowest BCUT2D eigenvalue weighted by molar-refractivity contribution is -0.172. The summed E-state index contributed by atoms with van der Waals surface area (Å²) in [4.78, 5) is 65.7. The van der Waals surface area contributed by atoms with Crippen LogP contribution in [0.15, 0.2) is 103 Å². The van der Waals surface area contributed by atoms with Gasteiger partial charge in [-0.2, -0.15) is 26.3 Å². The van der Waals surface area contributed by atoms with Crippen LogP contribution in [-0.2, 0) is 56.0 Å². The van der Waals surface area contributed by atoms with Gasteiger partial charge in [-0.15, -0.1) is 0 Å². The number of ether oxygens (including phenoxy) is 1. The molecule has 4 aliphatic rings. The molecule has 0 bridgehead atoms. The molecule has 22 heteroatoms. The fourth-order valence-electron chi connectivity index (χ4n) is 8.90. The molecule has 9 rings (SSSR count). The highest BCUT2D eigenvalue weighted by atomic mass is 35.5. The zero-order chi connectivity index (χ0) is 49.6. The smallest absolute Gasteiger partial charge is 0.393 e. The van der Waals surface area contributed by atoms with E-state index in [1.807, 2.05) is 30.3 Å². The molecule has 4 fully saturated rings. The molecule has 5 aromatic rings. The fourth-order valence-corrected chi connectivity index (χ4v) is 9.19. The maximum Gasteiger partial charge on any atom is 0.416 e. The van der Waals surface area contributed by atoms with Crippen LogP contribution in [0.5, 0.6) is 0 Å². The molecule has 0 unspecified atom stereocenters. The number of carbonyl (C=O) groups excluding carboxylic acids is 4. The first-order chi connectivity index (χ1) is 32.6. The van der Waals surface area contributed by atoms with E-state index in [1.54, 1.807) is 0 Å². The first kappa shape index (κ1) is 54.1. The van der Waals surface area contributed by atoms with Crippen molar-refractivity contribution in [3.8, 4) is 0 Å². The highest BCUT2D eigenvalue weighted by molar-refractivity contribution is 6.30. The van der Waals surface area contributed by atoms with Gasteiger partial charge in [0.25, 0.3) is 11.8 Å². The molecular weight excluding hydrogens is 991 g/mol. The average molecular weight is 1040 g/mol. The van der Waals surface area contributed by atoms with Crippen molar-refractivity contribution in [2.45, 2.75) is 95.9 Å². The summed E-state index contributed by atoms with van der Waals surface area (Å²) in [5, 5.41) is 9.95. The number of nitrogens with zero attached hydrogens (tertiary/aromatic N) is 6. The lowest BCUT2D eigenvalue weighted by Gasteiger charge is -2.56. The van der Waals surface area contributed by atoms with Crippen molar-refractivity contribution in [3.63, 3.8) is 0 Å². The Kier molecular flexibility index (Phi) is 15.9. The standard InChI is InChI=1S/C27H22ClF4N3O3.C20H16ClF4N3O3.2CH4/c28-20-10-22(29)24(33-13-20)34-15-23(36)35(14-17-6-8-19(9-7-17)27(30,31)32)26(25(34)37)11-21(12-26)38-16-18-4-2-1-3-5-18;21-13-5-15(22)17(26-8-13)27-10-16(30)28(19(18(27)31)6-14(29)7-19)9-11-1-3-12(4-2-11)20(23,24)25;;/h1-10,13,21H,11-12,14-16H2;1-5,8,14,29H,6-7,9-10H2;2*1H4. The van der Waals surface area contributed by atoms with E-state index in [2.05, 4.69) is 9.97 Å². The Balaban J connectivity index is 0.000000230. The minimum atomic E-state index is -4.50. The summed E-state index contributed by atoms with van der Waals surface area (Å²) >= 11 is 11.5. The number of anilines is 2. The molecule has 71 heavy (non-hydrogen) atoms. The Hall–Kier alpha value is -6.22. The Morgan fingerprint density at radius 3 is 1.37 bits per heavy atom. The minimum Gasteiger partial charge on any atom is -0.393 e. The predicted octanol–water partition coefficient (Wildman–Crippen LogP) is 9.82. The Labute approximate surface area is 412 Å². The molecule has 2 spiro atoms. The number of alkyl halides is 6. The van der Waals surface area contributed by atoms with E-state index >= 15 is 0 Å². The maximum absolute atomic E-state index is 14.7. The van der Waals surface area contributed by atoms with Crippen molar-refractivity contribution in [3.05, 3.63) is 153 Å². The third-order valence-corrected chi connectivity index (χ3v) is 12.9. The normalized spacial score (nSPS) is 22.1. The lowest BCUT2D eigenvalue weighted by Crippen LogP contribution is -2.74. The third kappa shape index (κ3) is 11.0. The number of aliphatic hydroxyl groups excluding tert-OH is 1. The van der Waals surface area contributed by atoms with Gasteiger partial charge in [-0.1, -0.05) is 92.7 Å². The predicted molar refractivity (Wildman–Crippen MR) is 246 cm³/mol. The van der Waals surface area contributed by atoms with Crippen molar-refractivity contribution < 1.29 is 64.1 Å². The van der Waals surface area contributed by atoms with Crippen LogP contribution in [-0.4, -0.2) is 84.9 Å². The van der Waals surface area contributed by atoms with Gasteiger partial charge in [0, 0.05) is 51.2 Å². The Morgan fingerprint density at radius 1 is 0.606 bits per heavy atom. The van der Waals surface area contributed by atoms with Crippen molar-refractivity contribution in [2.24, 2.45) is 0 Å². The van der Waals surface area contributed by atoms with E-state index in [1.165, 1.54) is 40.3 Å². The number of piperazine rings is 2. The quantitative estimate of drug-likeness (QED) is 0.144. The van der Waals surface area contributed by atoms with Crippen LogP contribution in [0.3, 0.4) is 0 Å². The topological polar surface area (TPSA) is 136 Å². The molecule has 2 saturated heterocycles. The number of amides is 4. The number of carbonyl (C=O) groups is 4. The third-order valence-electron chi connectivity index (χ3n) is 12.4. The van der Waals surface area contributed by atoms with E-state index in [4.69, 9.17) is 27.9 Å². The number of hydrogen-bond donors (Lipinski definition) is 1. The van der Waals surface area contributed by atoms with Gasteiger partial charge in [0.2, 0.25) is 11.8 Å². The molecule has 12 nitrogen and oxygen atoms in total. The van der Waals surface area contributed by atoms with E-state index < -0.39 is 89.0 Å². The molecule has 0 radical (unpaired) electrons. The van der Waals surface area contributed by atoms with Gasteiger partial charge in [0.15, 0.2) is 23.3 Å². The van der Waals surface area contributed by atoms with Crippen molar-refractivity contribution in [2.75, 3.05) is 22.9 Å². The molecule has 2 aliphatic heterocycles. The van der Waals surface area contributed by atoms with E-state index in [9.17, 15) is 59.4 Å². The van der Waals surface area contributed by atoms with E-state index in [0.29, 0.717) is 17.7 Å². The number of hydrogen-bond acceptors (Lipinski definition) is 8. The second-order valence-corrected chi connectivity index (χ2v) is 17.9. The summed E-state index contributed by atoms with van der Waals surface area (Å²) in [5.74, 6) is -4.55. The molecular formula is C49H46Cl2F8N6O6. The second kappa shape index (κ2) is 20.9. The maximum atomic E-state index is 14.7. The van der Waals surface area contributed by atoms with Crippen molar-refractivity contribution in [1.82, 2.24) is 19.8 Å². The minimum absolute atomic E-state index is 0. The van der Waals surface area contributed by atoms with Gasteiger partial charge in [-0.05, 0) is 53.1 Å². The first-order valence-electron chi connectivity index (χ1n) is 21.1. The van der Waals surface area contributed by atoms with Gasteiger partial charge in [-0.25, -0.2) is 18.7 Å².